The van der Waals surface area contributed by atoms with E-state index < -0.39 is 18.2 Å². The zero-order chi connectivity index (χ0) is 20.2. The number of likely N-dealkylation sites (tertiary alicyclic amines) is 1. The number of rotatable bonds is 7. The minimum Gasteiger partial charge on any atom is -0.391 e. The van der Waals surface area contributed by atoms with Gasteiger partial charge < -0.3 is 15.3 Å². The Bertz CT molecular complexity index is 521. The number of carbonyl (C=O) groups excluding carboxylic acids is 2. The summed E-state index contributed by atoms with van der Waals surface area (Å²) in [4.78, 5) is 27.4. The number of aliphatic hydroxyl groups excluding tert-OH is 1. The molecule has 2 amide bonds. The van der Waals surface area contributed by atoms with Crippen molar-refractivity contribution in [3.8, 4) is 0 Å². The van der Waals surface area contributed by atoms with Crippen molar-refractivity contribution >= 4 is 21.2 Å². The van der Waals surface area contributed by atoms with Gasteiger partial charge in [0.15, 0.2) is 0 Å². The van der Waals surface area contributed by atoms with Gasteiger partial charge in [0.1, 0.15) is 6.04 Å². The smallest absolute Gasteiger partial charge is 0.243 e. The van der Waals surface area contributed by atoms with E-state index in [2.05, 4.69) is 40.2 Å². The average molecular weight is 385 g/mol. The molecule has 0 aromatic carbocycles. The summed E-state index contributed by atoms with van der Waals surface area (Å²) in [6.45, 7) is 16.3. The zero-order valence-corrected chi connectivity index (χ0v) is 18.1. The summed E-state index contributed by atoms with van der Waals surface area (Å²) in [6.07, 6.45) is 1.16. The summed E-state index contributed by atoms with van der Waals surface area (Å²) in [5.41, 5.74) is -0.315. The van der Waals surface area contributed by atoms with Crippen molar-refractivity contribution in [2.75, 3.05) is 13.1 Å². The van der Waals surface area contributed by atoms with E-state index in [9.17, 15) is 14.7 Å². The van der Waals surface area contributed by atoms with Crippen molar-refractivity contribution in [3.05, 3.63) is 12.7 Å². The second-order valence-electron chi connectivity index (χ2n) is 8.64. The molecule has 7 unspecified atom stereocenters. The van der Waals surface area contributed by atoms with Crippen molar-refractivity contribution in [1.29, 1.82) is 0 Å². The fraction of sp³-hybridized carbons (Fsp3) is 0.789. The molecule has 3 N–H and O–H groups in total. The molecule has 7 heteroatoms. The Kier molecular flexibility index (Phi) is 8.25. The Balaban J connectivity index is 2.93. The van der Waals surface area contributed by atoms with E-state index in [1.165, 1.54) is 4.90 Å². The number of hydrogen-bond acceptors (Lipinski definition) is 4. The Morgan fingerprint density at radius 3 is 2.42 bits per heavy atom. The summed E-state index contributed by atoms with van der Waals surface area (Å²) < 4.78 is 0. The predicted molar refractivity (Wildman–Crippen MR) is 108 cm³/mol. The average Bonchev–Trinajstić information content (AvgIpc) is 2.86. The molecule has 0 aromatic rings. The molecule has 0 spiro atoms. The van der Waals surface area contributed by atoms with Crippen molar-refractivity contribution in [2.24, 2.45) is 23.2 Å². The number of hydrogen-bond donors (Lipinski definition) is 3. The number of allylic oxidation sites excluding steroid dienone is 1. The number of aliphatic hydroxyl groups is 1. The van der Waals surface area contributed by atoms with Crippen LogP contribution in [-0.2, 0) is 9.59 Å². The molecule has 6 nitrogen and oxygen atoms in total. The number of nitrogens with one attached hydrogen (secondary N) is 2. The highest BCUT2D eigenvalue weighted by Gasteiger charge is 2.47. The lowest BCUT2D eigenvalue weighted by atomic mass is 9.86. The van der Waals surface area contributed by atoms with E-state index >= 15 is 0 Å². The maximum atomic E-state index is 13.1. The van der Waals surface area contributed by atoms with Crippen LogP contribution in [0.5, 0.6) is 0 Å². The van der Waals surface area contributed by atoms with Crippen LogP contribution < -0.4 is 10.4 Å². The molecule has 7 atom stereocenters. The minimum atomic E-state index is -0.704. The van der Waals surface area contributed by atoms with E-state index in [-0.39, 0.29) is 41.5 Å². The number of carbonyl (C=O) groups is 2. The predicted octanol–water partition coefficient (Wildman–Crippen LogP) is 1.56. The Morgan fingerprint density at radius 2 is 1.96 bits per heavy atom. The highest BCUT2D eigenvalue weighted by Crippen LogP contribution is 2.29. The van der Waals surface area contributed by atoms with E-state index in [4.69, 9.17) is 0 Å². The maximum Gasteiger partial charge on any atom is 0.243 e. The fourth-order valence-electron chi connectivity index (χ4n) is 3.22. The molecule has 1 fully saturated rings. The van der Waals surface area contributed by atoms with Crippen LogP contribution in [0.3, 0.4) is 0 Å². The van der Waals surface area contributed by atoms with Gasteiger partial charge in [-0.1, -0.05) is 57.0 Å². The molecule has 150 valence electrons. The SMILES string of the molecule is C=CC(C)C(C)CNC(=O)C1C(C)C(O)CN1C(=O)C(NP)C(C)(C)C. The molecule has 1 saturated heterocycles. The largest absolute Gasteiger partial charge is 0.391 e. The molecule has 0 aromatic heterocycles. The van der Waals surface area contributed by atoms with Crippen molar-refractivity contribution in [3.63, 3.8) is 0 Å². The van der Waals surface area contributed by atoms with Gasteiger partial charge in [-0.25, -0.2) is 0 Å². The van der Waals surface area contributed by atoms with Gasteiger partial charge in [-0.3, -0.25) is 14.7 Å². The van der Waals surface area contributed by atoms with Crippen LogP contribution in [0.1, 0.15) is 41.5 Å². The Hall–Kier alpha value is -0.970. The molecule has 0 bridgehead atoms. The van der Waals surface area contributed by atoms with Gasteiger partial charge in [-0.2, -0.15) is 0 Å². The third-order valence-corrected chi connectivity index (χ3v) is 5.86. The first-order chi connectivity index (χ1) is 11.9. The lowest BCUT2D eigenvalue weighted by Crippen LogP contribution is -2.56. The standard InChI is InChI=1S/C19H36N3O3P/c1-8-11(2)12(3)9-20-17(24)15-13(4)14(23)10-22(15)18(25)16(21-26)19(5,6)7/h8,11-16,21,23H,1,9-10,26H2,2-7H3,(H,20,24). The van der Waals surface area contributed by atoms with E-state index in [1.54, 1.807) is 0 Å². The number of nitrogens with zero attached hydrogens (tertiary/aromatic N) is 1. The second kappa shape index (κ2) is 9.29. The third kappa shape index (κ3) is 5.28. The van der Waals surface area contributed by atoms with Crippen LogP contribution in [-0.4, -0.2) is 53.1 Å². The first-order valence-electron chi connectivity index (χ1n) is 9.30. The maximum absolute atomic E-state index is 13.1. The van der Waals surface area contributed by atoms with Crippen molar-refractivity contribution in [2.45, 2.75) is 59.7 Å². The zero-order valence-electron chi connectivity index (χ0n) is 17.0. The first-order valence-corrected chi connectivity index (χ1v) is 9.88. The summed E-state index contributed by atoms with van der Waals surface area (Å²) in [6, 6.07) is -1.12. The summed E-state index contributed by atoms with van der Waals surface area (Å²) >= 11 is 0. The van der Waals surface area contributed by atoms with Crippen LogP contribution in [0.15, 0.2) is 12.7 Å². The lowest BCUT2D eigenvalue weighted by Gasteiger charge is -2.35. The molecule has 26 heavy (non-hydrogen) atoms. The van der Waals surface area contributed by atoms with Crippen LogP contribution in [0.4, 0.5) is 0 Å². The monoisotopic (exact) mass is 385 g/mol. The van der Waals surface area contributed by atoms with Crippen molar-refractivity contribution < 1.29 is 14.7 Å². The van der Waals surface area contributed by atoms with Crippen LogP contribution in [0, 0.1) is 23.2 Å². The Morgan fingerprint density at radius 1 is 1.38 bits per heavy atom. The first kappa shape index (κ1) is 23.1. The van der Waals surface area contributed by atoms with Crippen LogP contribution in [0.2, 0.25) is 0 Å². The second-order valence-corrected chi connectivity index (χ2v) is 8.98. The molecule has 0 radical (unpaired) electrons. The van der Waals surface area contributed by atoms with Gasteiger partial charge in [0, 0.05) is 19.0 Å². The van der Waals surface area contributed by atoms with Gasteiger partial charge >= 0.3 is 0 Å². The fourth-order valence-corrected chi connectivity index (χ4v) is 3.87. The Labute approximate surface area is 160 Å². The molecule has 1 aliphatic rings. The van der Waals surface area contributed by atoms with Gasteiger partial charge in [0.05, 0.1) is 12.1 Å². The molecule has 1 aliphatic heterocycles. The molecule has 0 saturated carbocycles. The highest BCUT2D eigenvalue weighted by molar-refractivity contribution is 7.13. The van der Waals surface area contributed by atoms with E-state index in [1.807, 2.05) is 33.8 Å². The van der Waals surface area contributed by atoms with Gasteiger partial charge in [-0.05, 0) is 17.3 Å². The number of β-amino-alcohol motifs (C(OH)–C–C–N with tert-alkyl or cyclic N) is 1. The molecule has 1 rings (SSSR count). The van der Waals surface area contributed by atoms with Crippen LogP contribution in [0.25, 0.3) is 0 Å². The van der Waals surface area contributed by atoms with Gasteiger partial charge in [0.2, 0.25) is 11.8 Å². The summed E-state index contributed by atoms with van der Waals surface area (Å²) in [5, 5.41) is 16.2. The topological polar surface area (TPSA) is 81.7 Å². The third-order valence-electron chi connectivity index (χ3n) is 5.52. The molecular formula is C19H36N3O3P. The van der Waals surface area contributed by atoms with Crippen molar-refractivity contribution in [1.82, 2.24) is 15.3 Å². The summed E-state index contributed by atoms with van der Waals surface area (Å²) in [7, 11) is 2.39. The van der Waals surface area contributed by atoms with Gasteiger partial charge in [0.25, 0.3) is 0 Å². The molecule has 1 heterocycles. The van der Waals surface area contributed by atoms with Gasteiger partial charge in [-0.15, -0.1) is 6.58 Å². The van der Waals surface area contributed by atoms with Crippen LogP contribution >= 0.6 is 9.39 Å². The highest BCUT2D eigenvalue weighted by atomic mass is 31.0. The molecule has 0 aliphatic carbocycles. The van der Waals surface area contributed by atoms with E-state index in [0.29, 0.717) is 6.54 Å². The lowest BCUT2D eigenvalue weighted by molar-refractivity contribution is -0.142. The summed E-state index contributed by atoms with van der Waals surface area (Å²) in [5.74, 6) is -0.147. The quantitative estimate of drug-likeness (QED) is 0.459. The number of amides is 2. The molecular weight excluding hydrogens is 349 g/mol. The minimum absolute atomic E-state index is 0.163. The van der Waals surface area contributed by atoms with E-state index in [0.717, 1.165) is 0 Å². The normalized spacial score (nSPS) is 26.9.